The fraction of sp³-hybridized carbons (Fsp3) is 0.500. The summed E-state index contributed by atoms with van der Waals surface area (Å²) >= 11 is 4.58. The molecule has 0 aromatic heterocycles. The third-order valence-corrected chi connectivity index (χ3v) is 6.54. The van der Waals surface area contributed by atoms with Gasteiger partial charge in [0.1, 0.15) is 0 Å². The average molecular weight is 522 g/mol. The number of hydrogen-bond acceptors (Lipinski definition) is 5. The number of aliphatic hydroxyl groups is 1. The van der Waals surface area contributed by atoms with Crippen LogP contribution < -0.4 is 5.32 Å². The van der Waals surface area contributed by atoms with E-state index in [2.05, 4.69) is 27.7 Å². The number of halogens is 6. The number of benzene rings is 2. The van der Waals surface area contributed by atoms with Gasteiger partial charge >= 0.3 is 12.4 Å². The van der Waals surface area contributed by atoms with Gasteiger partial charge in [0.2, 0.25) is 0 Å². The maximum absolute atomic E-state index is 13.1. The first-order valence-corrected chi connectivity index (χ1v) is 11.7. The highest BCUT2D eigenvalue weighted by Gasteiger charge is 2.71. The molecular formula is C24H29F6N3OS. The number of rotatable bonds is 8. The zero-order chi connectivity index (χ0) is 25.9. The molecule has 1 aliphatic rings. The van der Waals surface area contributed by atoms with Gasteiger partial charge in [-0.05, 0) is 23.7 Å². The summed E-state index contributed by atoms with van der Waals surface area (Å²) in [5.41, 5.74) is -4.04. The Morgan fingerprint density at radius 2 is 1.29 bits per heavy atom. The Labute approximate surface area is 206 Å². The predicted octanol–water partition coefficient (Wildman–Crippen LogP) is 4.30. The molecular weight excluding hydrogens is 492 g/mol. The Hall–Kier alpha value is -1.79. The number of piperazine rings is 1. The van der Waals surface area contributed by atoms with Crippen molar-refractivity contribution in [3.05, 3.63) is 59.7 Å². The van der Waals surface area contributed by atoms with Crippen LogP contribution in [0.15, 0.2) is 48.5 Å². The monoisotopic (exact) mass is 521 g/mol. The van der Waals surface area contributed by atoms with Gasteiger partial charge in [0.05, 0.1) is 0 Å². The van der Waals surface area contributed by atoms with Crippen molar-refractivity contribution in [3.8, 4) is 11.1 Å². The van der Waals surface area contributed by atoms with Crippen LogP contribution in [0.4, 0.5) is 26.3 Å². The lowest BCUT2D eigenvalue weighted by Gasteiger charge is -2.35. The third kappa shape index (κ3) is 6.51. The van der Waals surface area contributed by atoms with Crippen LogP contribution in [0.3, 0.4) is 0 Å². The Bertz CT molecular complexity index is 928. The lowest BCUT2D eigenvalue weighted by atomic mass is 9.90. The lowest BCUT2D eigenvalue weighted by molar-refractivity contribution is -0.376. The molecule has 0 bridgehead atoms. The molecule has 11 heteroatoms. The summed E-state index contributed by atoms with van der Waals surface area (Å²) in [6.07, 6.45) is -11.8. The second-order valence-electron chi connectivity index (χ2n) is 8.77. The summed E-state index contributed by atoms with van der Waals surface area (Å²) in [4.78, 5) is 4.72. The molecule has 194 valence electrons. The quantitative estimate of drug-likeness (QED) is 0.358. The van der Waals surface area contributed by atoms with Crippen LogP contribution in [0.1, 0.15) is 11.1 Å². The Kier molecular flexibility index (Phi) is 8.80. The Morgan fingerprint density at radius 3 is 1.74 bits per heavy atom. The van der Waals surface area contributed by atoms with Crippen LogP contribution in [0.25, 0.3) is 11.1 Å². The van der Waals surface area contributed by atoms with E-state index in [1.54, 1.807) is 12.1 Å². The molecule has 3 rings (SSSR count). The van der Waals surface area contributed by atoms with Gasteiger partial charge in [-0.3, -0.25) is 9.80 Å². The summed E-state index contributed by atoms with van der Waals surface area (Å²) in [6, 6.07) is 11.0. The molecule has 1 aliphatic heterocycles. The molecule has 2 N–H and O–H groups in total. The molecule has 2 aromatic carbocycles. The molecule has 0 aliphatic carbocycles. The van der Waals surface area contributed by atoms with Gasteiger partial charge in [-0.1, -0.05) is 48.5 Å². The van der Waals surface area contributed by atoms with E-state index >= 15 is 0 Å². The highest BCUT2D eigenvalue weighted by molar-refractivity contribution is 7.81. The van der Waals surface area contributed by atoms with Crippen molar-refractivity contribution in [3.63, 3.8) is 0 Å². The van der Waals surface area contributed by atoms with Crippen molar-refractivity contribution >= 4 is 12.6 Å². The van der Waals surface area contributed by atoms with Gasteiger partial charge in [-0.25, -0.2) is 0 Å². The van der Waals surface area contributed by atoms with Crippen molar-refractivity contribution in [2.24, 2.45) is 0 Å². The highest BCUT2D eigenvalue weighted by atomic mass is 32.1. The van der Waals surface area contributed by atoms with Crippen LogP contribution in [0.2, 0.25) is 0 Å². The summed E-state index contributed by atoms with van der Waals surface area (Å²) < 4.78 is 78.4. The minimum Gasteiger partial charge on any atom is -0.369 e. The van der Waals surface area contributed by atoms with E-state index in [1.807, 2.05) is 19.2 Å². The lowest BCUT2D eigenvalue weighted by Crippen LogP contribution is -2.53. The minimum atomic E-state index is -5.90. The van der Waals surface area contributed by atoms with Gasteiger partial charge in [-0.2, -0.15) is 39.0 Å². The average Bonchev–Trinajstić information content (AvgIpc) is 2.79. The number of hydrogen-bond donors (Lipinski definition) is 3. The summed E-state index contributed by atoms with van der Waals surface area (Å²) in [6.45, 7) is 6.27. The van der Waals surface area contributed by atoms with Gasteiger partial charge in [-0.15, -0.1) is 0 Å². The second-order valence-corrected chi connectivity index (χ2v) is 9.50. The number of nitrogens with one attached hydrogen (secondary N) is 1. The molecule has 1 heterocycles. The maximum Gasteiger partial charge on any atom is 0.430 e. The van der Waals surface area contributed by atoms with Crippen molar-refractivity contribution in [2.75, 3.05) is 46.3 Å². The zero-order valence-electron chi connectivity index (χ0n) is 19.2. The molecule has 2 aromatic rings. The first-order valence-electron chi connectivity index (χ1n) is 11.2. The number of thiol groups is 1. The van der Waals surface area contributed by atoms with Crippen LogP contribution in [-0.4, -0.2) is 78.8 Å². The van der Waals surface area contributed by atoms with Gasteiger partial charge in [0, 0.05) is 56.6 Å². The number of alkyl halides is 6. The van der Waals surface area contributed by atoms with E-state index < -0.39 is 23.5 Å². The Morgan fingerprint density at radius 1 is 0.829 bits per heavy atom. The van der Waals surface area contributed by atoms with Gasteiger partial charge in [0.15, 0.2) is 0 Å². The highest BCUT2D eigenvalue weighted by Crippen LogP contribution is 2.50. The molecule has 1 fully saturated rings. The summed E-state index contributed by atoms with van der Waals surface area (Å²) in [5.74, 6) is 0. The van der Waals surface area contributed by atoms with Crippen LogP contribution >= 0.6 is 12.6 Å². The largest absolute Gasteiger partial charge is 0.430 e. The van der Waals surface area contributed by atoms with Crippen molar-refractivity contribution in [2.45, 2.75) is 29.7 Å². The van der Waals surface area contributed by atoms with Gasteiger partial charge < -0.3 is 10.4 Å². The van der Waals surface area contributed by atoms with E-state index in [1.165, 1.54) is 0 Å². The Balaban J connectivity index is 1.62. The van der Waals surface area contributed by atoms with Crippen molar-refractivity contribution in [1.29, 1.82) is 0 Å². The first kappa shape index (κ1) is 27.8. The normalized spacial score (nSPS) is 17.5. The molecule has 1 unspecified atom stereocenters. The number of nitrogens with zero attached hydrogens (tertiary/aromatic N) is 2. The van der Waals surface area contributed by atoms with E-state index in [4.69, 9.17) is 0 Å². The molecule has 0 radical (unpaired) electrons. The van der Waals surface area contributed by atoms with Crippen LogP contribution in [-0.2, 0) is 12.1 Å². The topological polar surface area (TPSA) is 38.7 Å². The van der Waals surface area contributed by atoms with E-state index in [0.29, 0.717) is 23.3 Å². The van der Waals surface area contributed by atoms with Gasteiger partial charge in [0.25, 0.3) is 5.60 Å². The summed E-state index contributed by atoms with van der Waals surface area (Å²) in [7, 11) is 1.91. The smallest absolute Gasteiger partial charge is 0.369 e. The molecule has 0 spiro atoms. The maximum atomic E-state index is 13.1. The fourth-order valence-electron chi connectivity index (χ4n) is 4.18. The van der Waals surface area contributed by atoms with Crippen LogP contribution in [0, 0.1) is 0 Å². The van der Waals surface area contributed by atoms with E-state index in [0.717, 1.165) is 63.5 Å². The molecule has 1 atom stereocenters. The molecule has 4 nitrogen and oxygen atoms in total. The standard InChI is InChI=1S/C24H29F6N3OS/c1-31-14-21(35)16-33-12-10-32(11-13-33)15-17-2-4-18(5-3-17)19-6-8-20(9-7-19)22(34,23(25,26)27)24(28,29)30/h2-9,21,31,34-35H,10-16H2,1H3. The molecule has 0 amide bonds. The summed E-state index contributed by atoms with van der Waals surface area (Å²) in [5, 5.41) is 12.9. The zero-order valence-corrected chi connectivity index (χ0v) is 20.1. The molecule has 1 saturated heterocycles. The van der Waals surface area contributed by atoms with Crippen LogP contribution in [0.5, 0.6) is 0 Å². The molecule has 35 heavy (non-hydrogen) atoms. The third-order valence-electron chi connectivity index (χ3n) is 6.19. The SMILES string of the molecule is CNCC(S)CN1CCN(Cc2ccc(-c3ccc(C(O)(C(F)(F)F)C(F)(F)F)cc3)cc2)CC1. The first-order chi connectivity index (χ1) is 16.3. The van der Waals surface area contributed by atoms with Crippen molar-refractivity contribution in [1.82, 2.24) is 15.1 Å². The minimum absolute atomic E-state index is 0.281. The second kappa shape index (κ2) is 11.1. The fourth-order valence-corrected chi connectivity index (χ4v) is 4.59. The predicted molar refractivity (Wildman–Crippen MR) is 126 cm³/mol. The van der Waals surface area contributed by atoms with E-state index in [-0.39, 0.29) is 5.25 Å². The van der Waals surface area contributed by atoms with E-state index in [9.17, 15) is 31.4 Å². The van der Waals surface area contributed by atoms with Crippen molar-refractivity contribution < 1.29 is 31.4 Å². The molecule has 0 saturated carbocycles.